The summed E-state index contributed by atoms with van der Waals surface area (Å²) in [6.45, 7) is 2.31. The van der Waals surface area contributed by atoms with E-state index in [4.69, 9.17) is 0 Å². The Labute approximate surface area is 179 Å². The molecule has 0 heteroatoms. The van der Waals surface area contributed by atoms with Gasteiger partial charge in [0.1, 0.15) is 0 Å². The normalized spacial score (nSPS) is 25.0. The van der Waals surface area contributed by atoms with E-state index < -0.39 is 0 Å². The zero-order valence-electron chi connectivity index (χ0n) is 19.7. The molecule has 3 unspecified atom stereocenters. The Morgan fingerprint density at radius 3 is 1.50 bits per heavy atom. The molecule has 2 aliphatic carbocycles. The molecule has 0 saturated heterocycles. The number of fused-ring (bicyclic) bond motifs is 1. The Bertz CT molecular complexity index is 331. The maximum atomic E-state index is 2.31. The molecule has 0 radical (unpaired) electrons. The first kappa shape index (κ1) is 24.3. The first-order valence-corrected chi connectivity index (χ1v) is 13.9. The molecule has 3 atom stereocenters. The highest BCUT2D eigenvalue weighted by Crippen LogP contribution is 2.45. The Balaban J connectivity index is 1.30. The Hall–Kier alpha value is 0. The predicted molar refractivity (Wildman–Crippen MR) is 127 cm³/mol. The van der Waals surface area contributed by atoms with Crippen LogP contribution in [0.5, 0.6) is 0 Å². The fourth-order valence-corrected chi connectivity index (χ4v) is 6.38. The first-order chi connectivity index (χ1) is 13.9. The zero-order chi connectivity index (χ0) is 19.7. The van der Waals surface area contributed by atoms with Gasteiger partial charge in [-0.25, -0.2) is 0 Å². The van der Waals surface area contributed by atoms with Crippen molar-refractivity contribution in [3.8, 4) is 0 Å². The molecule has 0 bridgehead atoms. The van der Waals surface area contributed by atoms with Crippen molar-refractivity contribution in [2.75, 3.05) is 0 Å². The number of hydrogen-bond acceptors (Lipinski definition) is 0. The van der Waals surface area contributed by atoms with Gasteiger partial charge >= 0.3 is 0 Å². The molecule has 2 aliphatic rings. The smallest absolute Gasteiger partial charge is 0.0357 e. The number of unbranched alkanes of at least 4 members (excludes halogenated alkanes) is 15. The number of hydrogen-bond donors (Lipinski definition) is 0. The number of rotatable bonds is 17. The molecular weight excluding hydrogens is 336 g/mol. The van der Waals surface area contributed by atoms with E-state index in [0.29, 0.717) is 0 Å². The molecule has 0 aliphatic heterocycles. The molecule has 28 heavy (non-hydrogen) atoms. The average molecular weight is 391 g/mol. The third-order valence-electron chi connectivity index (χ3n) is 8.15. The lowest BCUT2D eigenvalue weighted by Gasteiger charge is -2.41. The molecule has 166 valence electrons. The van der Waals surface area contributed by atoms with Crippen molar-refractivity contribution in [3.05, 3.63) is 0 Å². The van der Waals surface area contributed by atoms with Gasteiger partial charge in [-0.3, -0.25) is 0 Å². The summed E-state index contributed by atoms with van der Waals surface area (Å²) < 4.78 is 0. The summed E-state index contributed by atoms with van der Waals surface area (Å²) in [6, 6.07) is 0. The molecular formula is C28H54. The molecule has 2 fully saturated rings. The topological polar surface area (TPSA) is 0 Å². The molecule has 2 rings (SSSR count). The second-order valence-corrected chi connectivity index (χ2v) is 10.5. The van der Waals surface area contributed by atoms with Crippen LogP contribution in [0, 0.1) is 17.8 Å². The fraction of sp³-hybridized carbons (Fsp3) is 1.00. The minimum absolute atomic E-state index is 1.12. The van der Waals surface area contributed by atoms with Gasteiger partial charge in [0, 0.05) is 0 Å². The third-order valence-corrected chi connectivity index (χ3v) is 8.15. The molecule has 0 nitrogen and oxygen atoms in total. The summed E-state index contributed by atoms with van der Waals surface area (Å²) >= 11 is 0. The van der Waals surface area contributed by atoms with E-state index in [1.165, 1.54) is 116 Å². The van der Waals surface area contributed by atoms with Gasteiger partial charge in [-0.1, -0.05) is 155 Å². The van der Waals surface area contributed by atoms with Crippen LogP contribution < -0.4 is 0 Å². The van der Waals surface area contributed by atoms with Gasteiger partial charge in [0.25, 0.3) is 0 Å². The van der Waals surface area contributed by atoms with Gasteiger partial charge in [-0.15, -0.1) is 0 Å². The van der Waals surface area contributed by atoms with Crippen molar-refractivity contribution < 1.29 is 0 Å². The third kappa shape index (κ3) is 10.7. The highest BCUT2D eigenvalue weighted by atomic mass is 14.4. The van der Waals surface area contributed by atoms with Crippen LogP contribution in [-0.2, 0) is 0 Å². The summed E-state index contributed by atoms with van der Waals surface area (Å²) in [5.74, 6) is 3.39. The van der Waals surface area contributed by atoms with Gasteiger partial charge in [0.15, 0.2) is 0 Å². The van der Waals surface area contributed by atoms with Crippen LogP contribution in [0.3, 0.4) is 0 Å². The molecule has 0 aromatic carbocycles. The van der Waals surface area contributed by atoms with Crippen LogP contribution in [-0.4, -0.2) is 0 Å². The summed E-state index contributed by atoms with van der Waals surface area (Å²) in [5, 5.41) is 0. The van der Waals surface area contributed by atoms with Crippen LogP contribution in [0.1, 0.15) is 161 Å². The molecule has 0 spiro atoms. The zero-order valence-corrected chi connectivity index (χ0v) is 19.7. The largest absolute Gasteiger partial charge is 0.0654 e. The maximum Gasteiger partial charge on any atom is -0.0357 e. The molecule has 0 N–H and O–H groups in total. The highest BCUT2D eigenvalue weighted by molar-refractivity contribution is 4.85. The van der Waals surface area contributed by atoms with Crippen LogP contribution in [0.4, 0.5) is 0 Å². The Morgan fingerprint density at radius 2 is 0.929 bits per heavy atom. The van der Waals surface area contributed by atoms with Crippen LogP contribution in [0.15, 0.2) is 0 Å². The van der Waals surface area contributed by atoms with Gasteiger partial charge in [0.05, 0.1) is 0 Å². The Kier molecular flexibility index (Phi) is 14.5. The van der Waals surface area contributed by atoms with E-state index in [1.807, 2.05) is 0 Å². The first-order valence-electron chi connectivity index (χ1n) is 13.9. The van der Waals surface area contributed by atoms with E-state index in [2.05, 4.69) is 6.92 Å². The standard InChI is InChI=1S/C28H54/c1-2-3-4-5-6-7-8-9-10-11-12-13-14-15-16-17-21-26-23-20-24-27-22-18-19-25-28(26)27/h26-28H,2-25H2,1H3. The SMILES string of the molecule is CCCCCCCCCCCCCCCCCCC1CCCC2CCCCC12. The summed E-state index contributed by atoms with van der Waals surface area (Å²) in [4.78, 5) is 0. The fourth-order valence-electron chi connectivity index (χ4n) is 6.38. The van der Waals surface area contributed by atoms with Crippen molar-refractivity contribution in [1.82, 2.24) is 0 Å². The van der Waals surface area contributed by atoms with Crippen LogP contribution in [0.2, 0.25) is 0 Å². The van der Waals surface area contributed by atoms with Crippen LogP contribution in [0.25, 0.3) is 0 Å². The second-order valence-electron chi connectivity index (χ2n) is 10.5. The molecule has 0 amide bonds. The van der Waals surface area contributed by atoms with Crippen LogP contribution >= 0.6 is 0 Å². The van der Waals surface area contributed by atoms with Crippen molar-refractivity contribution in [2.45, 2.75) is 161 Å². The lowest BCUT2D eigenvalue weighted by atomic mass is 9.64. The summed E-state index contributed by atoms with van der Waals surface area (Å²) in [6.07, 6.45) is 36.3. The minimum atomic E-state index is 1.12. The van der Waals surface area contributed by atoms with Crippen molar-refractivity contribution in [2.24, 2.45) is 17.8 Å². The van der Waals surface area contributed by atoms with Crippen molar-refractivity contribution in [3.63, 3.8) is 0 Å². The van der Waals surface area contributed by atoms with Crippen molar-refractivity contribution in [1.29, 1.82) is 0 Å². The van der Waals surface area contributed by atoms with Gasteiger partial charge in [-0.05, 0) is 24.2 Å². The predicted octanol–water partition coefficient (Wildman–Crippen LogP) is 10.2. The second kappa shape index (κ2) is 16.8. The summed E-state index contributed by atoms with van der Waals surface area (Å²) in [5.41, 5.74) is 0. The molecule has 0 aromatic rings. The van der Waals surface area contributed by atoms with E-state index in [9.17, 15) is 0 Å². The lowest BCUT2D eigenvalue weighted by molar-refractivity contribution is 0.0961. The lowest BCUT2D eigenvalue weighted by Crippen LogP contribution is -2.30. The molecule has 2 saturated carbocycles. The van der Waals surface area contributed by atoms with E-state index in [0.717, 1.165) is 17.8 Å². The highest BCUT2D eigenvalue weighted by Gasteiger charge is 2.34. The van der Waals surface area contributed by atoms with Gasteiger partial charge in [-0.2, -0.15) is 0 Å². The van der Waals surface area contributed by atoms with Gasteiger partial charge in [0.2, 0.25) is 0 Å². The quantitative estimate of drug-likeness (QED) is 0.217. The van der Waals surface area contributed by atoms with E-state index >= 15 is 0 Å². The average Bonchev–Trinajstić information content (AvgIpc) is 2.73. The van der Waals surface area contributed by atoms with E-state index in [1.54, 1.807) is 38.5 Å². The minimum Gasteiger partial charge on any atom is -0.0654 e. The van der Waals surface area contributed by atoms with E-state index in [-0.39, 0.29) is 0 Å². The Morgan fingerprint density at radius 1 is 0.464 bits per heavy atom. The maximum absolute atomic E-state index is 2.31. The molecule has 0 heterocycles. The summed E-state index contributed by atoms with van der Waals surface area (Å²) in [7, 11) is 0. The van der Waals surface area contributed by atoms with Crippen molar-refractivity contribution >= 4 is 0 Å². The van der Waals surface area contributed by atoms with Gasteiger partial charge < -0.3 is 0 Å². The monoisotopic (exact) mass is 390 g/mol. The molecule has 0 aromatic heterocycles.